The summed E-state index contributed by atoms with van der Waals surface area (Å²) in [4.78, 5) is 39.8. The van der Waals surface area contributed by atoms with Gasteiger partial charge in [-0.15, -0.1) is 0 Å². The second-order valence-electron chi connectivity index (χ2n) is 7.23. The number of carbonyl (C=O) groups excluding carboxylic acids is 3. The molecule has 0 saturated carbocycles. The molecule has 1 unspecified atom stereocenters. The first kappa shape index (κ1) is 17.4. The van der Waals surface area contributed by atoms with Crippen molar-refractivity contribution in [2.75, 3.05) is 19.6 Å². The van der Waals surface area contributed by atoms with Crippen LogP contribution in [0.3, 0.4) is 0 Å². The maximum absolute atomic E-state index is 13.1. The number of carbonyl (C=O) groups is 3. The van der Waals surface area contributed by atoms with E-state index < -0.39 is 0 Å². The zero-order valence-electron chi connectivity index (χ0n) is 15.5. The Balaban J connectivity index is 1.40. The summed E-state index contributed by atoms with van der Waals surface area (Å²) in [5.74, 6) is 0.239. The van der Waals surface area contributed by atoms with Crippen LogP contribution in [0.2, 0.25) is 0 Å². The molecule has 1 atom stereocenters. The first-order valence-corrected chi connectivity index (χ1v) is 9.46. The average Bonchev–Trinajstić information content (AvgIpc) is 3.46. The molecule has 2 aromatic carbocycles. The molecular formula is C21H18N4O4. The summed E-state index contributed by atoms with van der Waals surface area (Å²) in [5, 5.41) is 7.38. The molecule has 0 aliphatic carbocycles. The van der Waals surface area contributed by atoms with Crippen LogP contribution in [0.15, 0.2) is 53.1 Å². The van der Waals surface area contributed by atoms with Crippen molar-refractivity contribution in [3.8, 4) is 11.3 Å². The van der Waals surface area contributed by atoms with Gasteiger partial charge in [0.25, 0.3) is 5.91 Å². The Morgan fingerprint density at radius 2 is 1.97 bits per heavy atom. The minimum absolute atomic E-state index is 0.0235. The van der Waals surface area contributed by atoms with Gasteiger partial charge in [-0.1, -0.05) is 35.5 Å². The van der Waals surface area contributed by atoms with Crippen LogP contribution in [0.1, 0.15) is 16.8 Å². The maximum Gasteiger partial charge on any atom is 0.324 e. The van der Waals surface area contributed by atoms with Crippen molar-refractivity contribution in [2.24, 2.45) is 0 Å². The Morgan fingerprint density at radius 3 is 2.72 bits per heavy atom. The molecule has 146 valence electrons. The SMILES string of the molecule is O=C(c1ccc2noc(-c3ccccc3)c2c1)N1CCC(N2C(=O)CNC2=O)C1. The molecule has 0 radical (unpaired) electrons. The van der Waals surface area contributed by atoms with E-state index in [9.17, 15) is 14.4 Å². The van der Waals surface area contributed by atoms with Crippen LogP contribution in [0.5, 0.6) is 0 Å². The molecule has 2 saturated heterocycles. The van der Waals surface area contributed by atoms with E-state index in [4.69, 9.17) is 4.52 Å². The largest absolute Gasteiger partial charge is 0.355 e. The molecule has 4 amide bonds. The minimum atomic E-state index is -0.382. The number of nitrogens with one attached hydrogen (secondary N) is 1. The number of hydrogen-bond acceptors (Lipinski definition) is 5. The third-order valence-electron chi connectivity index (χ3n) is 5.45. The maximum atomic E-state index is 13.1. The number of rotatable bonds is 3. The molecule has 8 heteroatoms. The summed E-state index contributed by atoms with van der Waals surface area (Å²) in [6, 6.07) is 14.2. The van der Waals surface area contributed by atoms with Crippen molar-refractivity contribution >= 4 is 28.7 Å². The number of nitrogens with zero attached hydrogens (tertiary/aromatic N) is 3. The summed E-state index contributed by atoms with van der Waals surface area (Å²) < 4.78 is 5.51. The number of imide groups is 1. The Labute approximate surface area is 166 Å². The van der Waals surface area contributed by atoms with E-state index in [0.29, 0.717) is 36.4 Å². The van der Waals surface area contributed by atoms with Crippen LogP contribution in [0.4, 0.5) is 4.79 Å². The minimum Gasteiger partial charge on any atom is -0.355 e. The van der Waals surface area contributed by atoms with Crippen LogP contribution in [0.25, 0.3) is 22.2 Å². The normalized spacial score (nSPS) is 19.2. The van der Waals surface area contributed by atoms with E-state index in [0.717, 1.165) is 10.9 Å². The zero-order chi connectivity index (χ0) is 20.0. The molecule has 5 rings (SSSR count). The quantitative estimate of drug-likeness (QED) is 0.692. The van der Waals surface area contributed by atoms with Crippen LogP contribution in [-0.2, 0) is 4.79 Å². The van der Waals surface area contributed by atoms with Crippen LogP contribution >= 0.6 is 0 Å². The molecule has 1 N–H and O–H groups in total. The number of urea groups is 1. The molecule has 0 bridgehead atoms. The molecule has 2 aliphatic rings. The molecular weight excluding hydrogens is 372 g/mol. The summed E-state index contributed by atoms with van der Waals surface area (Å²) in [5.41, 5.74) is 2.09. The van der Waals surface area contributed by atoms with Crippen molar-refractivity contribution in [2.45, 2.75) is 12.5 Å². The summed E-state index contributed by atoms with van der Waals surface area (Å²) in [6.07, 6.45) is 0.579. The summed E-state index contributed by atoms with van der Waals surface area (Å²) in [7, 11) is 0. The van der Waals surface area contributed by atoms with Crippen molar-refractivity contribution < 1.29 is 18.9 Å². The third kappa shape index (κ3) is 2.93. The van der Waals surface area contributed by atoms with Gasteiger partial charge in [-0.05, 0) is 24.6 Å². The first-order valence-electron chi connectivity index (χ1n) is 9.46. The lowest BCUT2D eigenvalue weighted by Gasteiger charge is -2.21. The van der Waals surface area contributed by atoms with Gasteiger partial charge < -0.3 is 14.7 Å². The molecule has 8 nitrogen and oxygen atoms in total. The molecule has 3 heterocycles. The standard InChI is InChI=1S/C21H18N4O4/c26-18-11-22-21(28)25(18)15-8-9-24(12-15)20(27)14-6-7-17-16(10-14)19(29-23-17)13-4-2-1-3-5-13/h1-7,10,15H,8-9,11-12H2,(H,22,28). The molecule has 0 spiro atoms. The van der Waals surface area contributed by atoms with Crippen molar-refractivity contribution in [3.05, 3.63) is 54.1 Å². The fraction of sp³-hybridized carbons (Fsp3) is 0.238. The number of amides is 4. The Kier molecular flexibility index (Phi) is 4.04. The molecule has 29 heavy (non-hydrogen) atoms. The second-order valence-corrected chi connectivity index (χ2v) is 7.23. The highest BCUT2D eigenvalue weighted by Crippen LogP contribution is 2.30. The third-order valence-corrected chi connectivity index (χ3v) is 5.45. The fourth-order valence-corrected chi connectivity index (χ4v) is 4.00. The van der Waals surface area contributed by atoms with Crippen molar-refractivity contribution in [1.82, 2.24) is 20.3 Å². The lowest BCUT2D eigenvalue weighted by molar-refractivity contribution is -0.126. The Hall–Kier alpha value is -3.68. The molecule has 2 fully saturated rings. The molecule has 3 aromatic rings. The van der Waals surface area contributed by atoms with Gasteiger partial charge in [-0.3, -0.25) is 14.5 Å². The van der Waals surface area contributed by atoms with Gasteiger partial charge in [0.05, 0.1) is 18.0 Å². The lowest BCUT2D eigenvalue weighted by Crippen LogP contribution is -2.42. The van der Waals surface area contributed by atoms with Crippen LogP contribution in [-0.4, -0.2) is 58.5 Å². The van der Waals surface area contributed by atoms with Gasteiger partial charge in [0.1, 0.15) is 5.52 Å². The predicted molar refractivity (Wildman–Crippen MR) is 104 cm³/mol. The highest BCUT2D eigenvalue weighted by atomic mass is 16.5. The monoisotopic (exact) mass is 390 g/mol. The van der Waals surface area contributed by atoms with Gasteiger partial charge in [-0.2, -0.15) is 0 Å². The Morgan fingerprint density at radius 1 is 1.14 bits per heavy atom. The predicted octanol–water partition coefficient (Wildman–Crippen LogP) is 2.26. The van der Waals surface area contributed by atoms with Gasteiger partial charge in [0.15, 0.2) is 5.76 Å². The van der Waals surface area contributed by atoms with Gasteiger partial charge in [0, 0.05) is 24.2 Å². The molecule has 2 aliphatic heterocycles. The molecule has 1 aromatic heterocycles. The van der Waals surface area contributed by atoms with E-state index in [1.54, 1.807) is 23.1 Å². The van der Waals surface area contributed by atoms with E-state index in [1.165, 1.54) is 4.90 Å². The van der Waals surface area contributed by atoms with E-state index in [2.05, 4.69) is 10.5 Å². The number of benzene rings is 2. The smallest absolute Gasteiger partial charge is 0.324 e. The number of hydrogen-bond donors (Lipinski definition) is 1. The summed E-state index contributed by atoms with van der Waals surface area (Å²) >= 11 is 0. The first-order chi connectivity index (χ1) is 14.1. The van der Waals surface area contributed by atoms with E-state index >= 15 is 0 Å². The van der Waals surface area contributed by atoms with Crippen molar-refractivity contribution in [1.29, 1.82) is 0 Å². The van der Waals surface area contributed by atoms with E-state index in [1.807, 2.05) is 30.3 Å². The average molecular weight is 390 g/mol. The zero-order valence-corrected chi connectivity index (χ0v) is 15.5. The number of aromatic nitrogens is 1. The van der Waals surface area contributed by atoms with Gasteiger partial charge in [0.2, 0.25) is 5.91 Å². The fourth-order valence-electron chi connectivity index (χ4n) is 4.00. The number of likely N-dealkylation sites (tertiary alicyclic amines) is 1. The lowest BCUT2D eigenvalue weighted by atomic mass is 10.1. The second kappa shape index (κ2) is 6.73. The van der Waals surface area contributed by atoms with Gasteiger partial charge >= 0.3 is 6.03 Å². The summed E-state index contributed by atoms with van der Waals surface area (Å²) in [6.45, 7) is 0.856. The van der Waals surface area contributed by atoms with Gasteiger partial charge in [-0.25, -0.2) is 4.79 Å². The topological polar surface area (TPSA) is 95.8 Å². The van der Waals surface area contributed by atoms with E-state index in [-0.39, 0.29) is 30.4 Å². The Bertz CT molecular complexity index is 1110. The highest BCUT2D eigenvalue weighted by molar-refractivity contribution is 6.03. The highest BCUT2D eigenvalue weighted by Gasteiger charge is 2.39. The van der Waals surface area contributed by atoms with Crippen LogP contribution in [0, 0.1) is 0 Å². The van der Waals surface area contributed by atoms with Crippen molar-refractivity contribution in [3.63, 3.8) is 0 Å². The number of fused-ring (bicyclic) bond motifs is 1. The van der Waals surface area contributed by atoms with Crippen LogP contribution < -0.4 is 5.32 Å².